The molecular formula is C13H13FN2O. The molecule has 17 heavy (non-hydrogen) atoms. The average molecular weight is 232 g/mol. The lowest BCUT2D eigenvalue weighted by molar-refractivity contribution is 0.411. The molecule has 2 rings (SSSR count). The second kappa shape index (κ2) is 4.41. The van der Waals surface area contributed by atoms with Crippen molar-refractivity contribution in [2.45, 2.75) is 6.92 Å². The van der Waals surface area contributed by atoms with Gasteiger partial charge in [-0.2, -0.15) is 0 Å². The Morgan fingerprint density at radius 1 is 1.29 bits per heavy atom. The first-order valence-corrected chi connectivity index (χ1v) is 5.18. The molecule has 0 radical (unpaired) electrons. The molecule has 4 heteroatoms. The van der Waals surface area contributed by atoms with Gasteiger partial charge in [0.05, 0.1) is 18.5 Å². The number of benzene rings is 1. The van der Waals surface area contributed by atoms with Gasteiger partial charge in [0.2, 0.25) is 0 Å². The number of nitrogen functional groups attached to an aromatic ring is 1. The Bertz CT molecular complexity index is 555. The lowest BCUT2D eigenvalue weighted by atomic mass is 10.1. The van der Waals surface area contributed by atoms with Crippen LogP contribution < -0.4 is 10.5 Å². The van der Waals surface area contributed by atoms with Crippen molar-refractivity contribution in [3.8, 4) is 16.9 Å². The molecule has 1 aromatic carbocycles. The molecule has 88 valence electrons. The van der Waals surface area contributed by atoms with E-state index in [0.29, 0.717) is 22.6 Å². The fourth-order valence-electron chi connectivity index (χ4n) is 1.55. The number of hydrogen-bond acceptors (Lipinski definition) is 3. The number of nitrogens with zero attached hydrogens (tertiary/aromatic N) is 1. The minimum absolute atomic E-state index is 0.352. The maximum Gasteiger partial charge on any atom is 0.134 e. The van der Waals surface area contributed by atoms with Gasteiger partial charge in [-0.05, 0) is 25.1 Å². The molecule has 0 bridgehead atoms. The van der Waals surface area contributed by atoms with Gasteiger partial charge in [-0.25, -0.2) is 4.39 Å². The molecule has 1 heterocycles. The molecule has 0 fully saturated rings. The average Bonchev–Trinajstić information content (AvgIpc) is 2.32. The van der Waals surface area contributed by atoms with Gasteiger partial charge in [-0.3, -0.25) is 4.98 Å². The lowest BCUT2D eigenvalue weighted by Crippen LogP contribution is -1.95. The van der Waals surface area contributed by atoms with Gasteiger partial charge in [0.15, 0.2) is 0 Å². The van der Waals surface area contributed by atoms with Crippen LogP contribution in [0.2, 0.25) is 0 Å². The van der Waals surface area contributed by atoms with Gasteiger partial charge in [-0.1, -0.05) is 0 Å². The van der Waals surface area contributed by atoms with Crippen LogP contribution in [-0.2, 0) is 0 Å². The number of ether oxygens (including phenoxy) is 1. The summed E-state index contributed by atoms with van der Waals surface area (Å²) in [6.45, 7) is 1.81. The number of halogens is 1. The molecule has 0 saturated carbocycles. The molecule has 0 aliphatic carbocycles. The van der Waals surface area contributed by atoms with Crippen LogP contribution >= 0.6 is 0 Å². The van der Waals surface area contributed by atoms with Crippen LogP contribution in [0.3, 0.4) is 0 Å². The molecule has 2 aromatic rings. The van der Waals surface area contributed by atoms with Crippen molar-refractivity contribution in [1.29, 1.82) is 0 Å². The summed E-state index contributed by atoms with van der Waals surface area (Å²) in [5.41, 5.74) is 8.17. The second-order valence-electron chi connectivity index (χ2n) is 3.74. The Balaban J connectivity index is 2.49. The van der Waals surface area contributed by atoms with Crippen molar-refractivity contribution in [3.05, 3.63) is 42.0 Å². The van der Waals surface area contributed by atoms with E-state index in [1.165, 1.54) is 13.2 Å². The minimum atomic E-state index is -0.352. The van der Waals surface area contributed by atoms with Crippen LogP contribution in [0.1, 0.15) is 5.69 Å². The van der Waals surface area contributed by atoms with Crippen LogP contribution in [0.25, 0.3) is 11.1 Å². The van der Waals surface area contributed by atoms with Gasteiger partial charge in [0.1, 0.15) is 11.6 Å². The molecule has 0 amide bonds. The number of pyridine rings is 1. The van der Waals surface area contributed by atoms with E-state index in [9.17, 15) is 4.39 Å². The van der Waals surface area contributed by atoms with Crippen molar-refractivity contribution in [3.63, 3.8) is 0 Å². The maximum absolute atomic E-state index is 13.8. The number of nitrogens with two attached hydrogens (primary N) is 1. The molecule has 0 spiro atoms. The van der Waals surface area contributed by atoms with Crippen molar-refractivity contribution < 1.29 is 9.13 Å². The Morgan fingerprint density at radius 2 is 2.06 bits per heavy atom. The molecule has 0 saturated heterocycles. The third-order valence-corrected chi connectivity index (χ3v) is 2.61. The topological polar surface area (TPSA) is 48.1 Å². The number of hydrogen-bond donors (Lipinski definition) is 1. The summed E-state index contributed by atoms with van der Waals surface area (Å²) >= 11 is 0. The Labute approximate surface area is 99.1 Å². The standard InChI is InChI=1S/C13H13FN2O/c1-8-13(15)5-9(7-16-8)11-4-3-10(17-2)6-12(11)14/h3-7H,15H2,1-2H3. The molecule has 3 nitrogen and oxygen atoms in total. The summed E-state index contributed by atoms with van der Waals surface area (Å²) < 4.78 is 18.8. The van der Waals surface area contributed by atoms with E-state index in [0.717, 1.165) is 5.69 Å². The first-order valence-electron chi connectivity index (χ1n) is 5.18. The SMILES string of the molecule is COc1ccc(-c2cnc(C)c(N)c2)c(F)c1. The van der Waals surface area contributed by atoms with E-state index in [1.54, 1.807) is 24.4 Å². The predicted molar refractivity (Wildman–Crippen MR) is 65.3 cm³/mol. The van der Waals surface area contributed by atoms with Crippen LogP contribution in [0, 0.1) is 12.7 Å². The summed E-state index contributed by atoms with van der Waals surface area (Å²) in [5, 5.41) is 0. The quantitative estimate of drug-likeness (QED) is 0.866. The summed E-state index contributed by atoms with van der Waals surface area (Å²) in [4.78, 5) is 4.12. The summed E-state index contributed by atoms with van der Waals surface area (Å²) in [6.07, 6.45) is 1.61. The largest absolute Gasteiger partial charge is 0.497 e. The summed E-state index contributed by atoms with van der Waals surface area (Å²) in [6, 6.07) is 6.41. The van der Waals surface area contributed by atoms with Gasteiger partial charge in [-0.15, -0.1) is 0 Å². The maximum atomic E-state index is 13.8. The van der Waals surface area contributed by atoms with Crippen LogP contribution in [-0.4, -0.2) is 12.1 Å². The van der Waals surface area contributed by atoms with Gasteiger partial charge in [0.25, 0.3) is 0 Å². The summed E-state index contributed by atoms with van der Waals surface area (Å²) in [7, 11) is 1.50. The van der Waals surface area contributed by atoms with Gasteiger partial charge < -0.3 is 10.5 Å². The first-order chi connectivity index (χ1) is 8.11. The minimum Gasteiger partial charge on any atom is -0.497 e. The number of rotatable bonds is 2. The molecule has 0 atom stereocenters. The van der Waals surface area contributed by atoms with E-state index >= 15 is 0 Å². The van der Waals surface area contributed by atoms with Gasteiger partial charge >= 0.3 is 0 Å². The Kier molecular flexibility index (Phi) is 2.95. The van der Waals surface area contributed by atoms with Crippen molar-refractivity contribution in [1.82, 2.24) is 4.98 Å². The zero-order valence-electron chi connectivity index (χ0n) is 9.70. The molecule has 0 aliphatic rings. The Hall–Kier alpha value is -2.10. The van der Waals surface area contributed by atoms with Crippen LogP contribution in [0.15, 0.2) is 30.5 Å². The molecule has 0 unspecified atom stereocenters. The van der Waals surface area contributed by atoms with Crippen LogP contribution in [0.5, 0.6) is 5.75 Å². The highest BCUT2D eigenvalue weighted by Crippen LogP contribution is 2.27. The van der Waals surface area contributed by atoms with Crippen molar-refractivity contribution in [2.75, 3.05) is 12.8 Å². The van der Waals surface area contributed by atoms with Gasteiger partial charge in [0, 0.05) is 23.4 Å². The lowest BCUT2D eigenvalue weighted by Gasteiger charge is -2.07. The third-order valence-electron chi connectivity index (χ3n) is 2.61. The van der Waals surface area contributed by atoms with Crippen LogP contribution in [0.4, 0.5) is 10.1 Å². The highest BCUT2D eigenvalue weighted by atomic mass is 19.1. The van der Waals surface area contributed by atoms with E-state index < -0.39 is 0 Å². The zero-order valence-corrected chi connectivity index (χ0v) is 9.70. The molecule has 0 aliphatic heterocycles. The smallest absolute Gasteiger partial charge is 0.134 e. The fraction of sp³-hybridized carbons (Fsp3) is 0.154. The zero-order chi connectivity index (χ0) is 12.4. The third kappa shape index (κ3) is 2.20. The molecular weight excluding hydrogens is 219 g/mol. The number of aromatic nitrogens is 1. The van der Waals surface area contributed by atoms with E-state index in [-0.39, 0.29) is 5.82 Å². The van der Waals surface area contributed by atoms with Crippen molar-refractivity contribution in [2.24, 2.45) is 0 Å². The number of methoxy groups -OCH3 is 1. The Morgan fingerprint density at radius 3 is 2.65 bits per heavy atom. The highest BCUT2D eigenvalue weighted by molar-refractivity contribution is 5.68. The fourth-order valence-corrected chi connectivity index (χ4v) is 1.55. The monoisotopic (exact) mass is 232 g/mol. The molecule has 1 aromatic heterocycles. The second-order valence-corrected chi connectivity index (χ2v) is 3.74. The molecule has 2 N–H and O–H groups in total. The van der Waals surface area contributed by atoms with E-state index in [1.807, 2.05) is 6.92 Å². The first kappa shape index (κ1) is 11.4. The summed E-state index contributed by atoms with van der Waals surface area (Å²) in [5.74, 6) is 0.133. The normalized spacial score (nSPS) is 10.3. The van der Waals surface area contributed by atoms with E-state index in [4.69, 9.17) is 10.5 Å². The van der Waals surface area contributed by atoms with E-state index in [2.05, 4.69) is 4.98 Å². The highest BCUT2D eigenvalue weighted by Gasteiger charge is 2.08. The number of aryl methyl sites for hydroxylation is 1. The predicted octanol–water partition coefficient (Wildman–Crippen LogP) is 2.79. The van der Waals surface area contributed by atoms with Crippen molar-refractivity contribution >= 4 is 5.69 Å². The number of anilines is 1.